The Bertz CT molecular complexity index is 940. The fraction of sp³-hybridized carbons (Fsp3) is 0.292. The van der Waals surface area contributed by atoms with Gasteiger partial charge in [0.1, 0.15) is 0 Å². The number of piperidine rings is 1. The van der Waals surface area contributed by atoms with Crippen LogP contribution < -0.4 is 5.32 Å². The van der Waals surface area contributed by atoms with E-state index < -0.39 is 0 Å². The minimum Gasteiger partial charge on any atom is -0.351 e. The molecule has 1 amide bonds. The normalized spacial score (nSPS) is 17.2. The number of rotatable bonds is 6. The largest absolute Gasteiger partial charge is 0.351 e. The van der Waals surface area contributed by atoms with Crippen molar-refractivity contribution in [1.82, 2.24) is 10.2 Å². The van der Waals surface area contributed by atoms with Crippen LogP contribution in [0.5, 0.6) is 0 Å². The smallest absolute Gasteiger partial charge is 0.237 e. The molecular formula is C24H25ClN2OS. The van der Waals surface area contributed by atoms with Gasteiger partial charge in [0.2, 0.25) is 5.91 Å². The zero-order valence-electron chi connectivity index (χ0n) is 16.3. The SMILES string of the molecule is O=C(NCc1ccccc1Cl)C1CCCCN1Cc1ccc(-c2ccsc2)cc1. The number of hydrogen-bond donors (Lipinski definition) is 1. The van der Waals surface area contributed by atoms with E-state index in [-0.39, 0.29) is 11.9 Å². The standard InChI is InChI=1S/C24H25ClN2OS/c25-22-6-2-1-5-20(22)15-26-24(28)23-7-3-4-13-27(23)16-18-8-10-19(11-9-18)21-12-14-29-17-21/h1-2,5-6,8-12,14,17,23H,3-4,7,13,15-16H2,(H,26,28). The van der Waals surface area contributed by atoms with Crippen molar-refractivity contribution in [1.29, 1.82) is 0 Å². The molecule has 2 aromatic carbocycles. The summed E-state index contributed by atoms with van der Waals surface area (Å²) in [6.45, 7) is 2.22. The second-order valence-corrected chi connectivity index (χ2v) is 8.69. The van der Waals surface area contributed by atoms with E-state index in [4.69, 9.17) is 11.6 Å². The molecule has 3 nitrogen and oxygen atoms in total. The van der Waals surface area contributed by atoms with Gasteiger partial charge in [-0.15, -0.1) is 0 Å². The number of amides is 1. The van der Waals surface area contributed by atoms with Gasteiger partial charge in [-0.3, -0.25) is 9.69 Å². The molecule has 29 heavy (non-hydrogen) atoms. The lowest BCUT2D eigenvalue weighted by molar-refractivity contribution is -0.128. The van der Waals surface area contributed by atoms with Crippen molar-refractivity contribution in [2.75, 3.05) is 6.54 Å². The zero-order chi connectivity index (χ0) is 20.1. The average molecular weight is 425 g/mol. The van der Waals surface area contributed by atoms with Gasteiger partial charge in [0.25, 0.3) is 0 Å². The molecule has 5 heteroatoms. The third-order valence-electron chi connectivity index (χ3n) is 5.52. The maximum Gasteiger partial charge on any atom is 0.237 e. The highest BCUT2D eigenvalue weighted by Gasteiger charge is 2.28. The predicted molar refractivity (Wildman–Crippen MR) is 121 cm³/mol. The fourth-order valence-electron chi connectivity index (χ4n) is 3.88. The molecule has 1 fully saturated rings. The first-order valence-electron chi connectivity index (χ1n) is 10.1. The highest BCUT2D eigenvalue weighted by molar-refractivity contribution is 7.08. The van der Waals surface area contributed by atoms with Crippen LogP contribution in [-0.4, -0.2) is 23.4 Å². The van der Waals surface area contributed by atoms with E-state index in [9.17, 15) is 4.79 Å². The molecule has 0 aliphatic carbocycles. The summed E-state index contributed by atoms with van der Waals surface area (Å²) >= 11 is 7.93. The molecule has 1 aromatic heterocycles. The van der Waals surface area contributed by atoms with Gasteiger partial charge >= 0.3 is 0 Å². The van der Waals surface area contributed by atoms with E-state index in [0.29, 0.717) is 11.6 Å². The Morgan fingerprint density at radius 1 is 1.07 bits per heavy atom. The topological polar surface area (TPSA) is 32.3 Å². The van der Waals surface area contributed by atoms with Gasteiger partial charge in [0.15, 0.2) is 0 Å². The van der Waals surface area contributed by atoms with Crippen LogP contribution in [0.1, 0.15) is 30.4 Å². The summed E-state index contributed by atoms with van der Waals surface area (Å²) < 4.78 is 0. The highest BCUT2D eigenvalue weighted by Crippen LogP contribution is 2.24. The first-order valence-corrected chi connectivity index (χ1v) is 11.4. The van der Waals surface area contributed by atoms with E-state index >= 15 is 0 Å². The van der Waals surface area contributed by atoms with Gasteiger partial charge in [-0.1, -0.05) is 60.5 Å². The Hall–Kier alpha value is -2.14. The first kappa shape index (κ1) is 20.1. The molecule has 1 atom stereocenters. The van der Waals surface area contributed by atoms with E-state index in [2.05, 4.69) is 51.3 Å². The molecule has 1 N–H and O–H groups in total. The van der Waals surface area contributed by atoms with Crippen molar-refractivity contribution < 1.29 is 4.79 Å². The Kier molecular flexibility index (Phi) is 6.65. The van der Waals surface area contributed by atoms with Crippen LogP contribution in [0.25, 0.3) is 11.1 Å². The quantitative estimate of drug-likeness (QED) is 0.547. The van der Waals surface area contributed by atoms with Crippen molar-refractivity contribution in [2.24, 2.45) is 0 Å². The third-order valence-corrected chi connectivity index (χ3v) is 6.57. The zero-order valence-corrected chi connectivity index (χ0v) is 17.9. The van der Waals surface area contributed by atoms with Gasteiger partial charge in [-0.05, 0) is 64.5 Å². The minimum absolute atomic E-state index is 0.0808. The molecule has 0 radical (unpaired) electrons. The maximum absolute atomic E-state index is 12.9. The van der Waals surface area contributed by atoms with Crippen LogP contribution in [0.3, 0.4) is 0 Å². The summed E-state index contributed by atoms with van der Waals surface area (Å²) in [7, 11) is 0. The molecule has 4 rings (SSSR count). The molecule has 150 valence electrons. The lowest BCUT2D eigenvalue weighted by Crippen LogP contribution is -2.48. The highest BCUT2D eigenvalue weighted by atomic mass is 35.5. The second-order valence-electron chi connectivity index (χ2n) is 7.50. The van der Waals surface area contributed by atoms with E-state index in [0.717, 1.165) is 37.9 Å². The summed E-state index contributed by atoms with van der Waals surface area (Å²) in [5.74, 6) is 0.0968. The van der Waals surface area contributed by atoms with Crippen molar-refractivity contribution in [2.45, 2.75) is 38.4 Å². The van der Waals surface area contributed by atoms with Gasteiger partial charge in [0, 0.05) is 18.1 Å². The van der Waals surface area contributed by atoms with Crippen LogP contribution in [0.15, 0.2) is 65.4 Å². The first-order chi connectivity index (χ1) is 14.2. The average Bonchev–Trinajstić information content (AvgIpc) is 3.29. The van der Waals surface area contributed by atoms with Gasteiger partial charge in [-0.2, -0.15) is 11.3 Å². The van der Waals surface area contributed by atoms with Crippen LogP contribution in [0.4, 0.5) is 0 Å². The number of nitrogens with one attached hydrogen (secondary N) is 1. The third kappa shape index (κ3) is 5.08. The monoisotopic (exact) mass is 424 g/mol. The van der Waals surface area contributed by atoms with Crippen LogP contribution in [-0.2, 0) is 17.9 Å². The number of hydrogen-bond acceptors (Lipinski definition) is 3. The molecule has 3 aromatic rings. The Morgan fingerprint density at radius 2 is 1.90 bits per heavy atom. The van der Waals surface area contributed by atoms with Gasteiger partial charge in [0.05, 0.1) is 6.04 Å². The number of thiophene rings is 1. The number of benzene rings is 2. The van der Waals surface area contributed by atoms with E-state index in [1.165, 1.54) is 16.7 Å². The fourth-order valence-corrected chi connectivity index (χ4v) is 4.75. The molecule has 1 aliphatic heterocycles. The Balaban J connectivity index is 1.39. The summed E-state index contributed by atoms with van der Waals surface area (Å²) in [5, 5.41) is 8.05. The number of nitrogens with zero attached hydrogens (tertiary/aromatic N) is 1. The lowest BCUT2D eigenvalue weighted by Gasteiger charge is -2.34. The number of carbonyl (C=O) groups is 1. The Labute approximate surface area is 181 Å². The van der Waals surface area contributed by atoms with Gasteiger partial charge in [-0.25, -0.2) is 0 Å². The summed E-state index contributed by atoms with van der Waals surface area (Å²) in [5.41, 5.74) is 4.70. The summed E-state index contributed by atoms with van der Waals surface area (Å²) in [6, 6.07) is 18.4. The molecular weight excluding hydrogens is 400 g/mol. The summed E-state index contributed by atoms with van der Waals surface area (Å²) in [6.07, 6.45) is 3.14. The summed E-state index contributed by atoms with van der Waals surface area (Å²) in [4.78, 5) is 15.2. The van der Waals surface area contributed by atoms with E-state index in [1.807, 2.05) is 24.3 Å². The van der Waals surface area contributed by atoms with Crippen molar-refractivity contribution in [3.8, 4) is 11.1 Å². The molecule has 1 aliphatic rings. The number of halogens is 1. The van der Waals surface area contributed by atoms with Gasteiger partial charge < -0.3 is 5.32 Å². The second kappa shape index (κ2) is 9.57. The van der Waals surface area contributed by atoms with Crippen molar-refractivity contribution in [3.63, 3.8) is 0 Å². The molecule has 2 heterocycles. The van der Waals surface area contributed by atoms with Crippen LogP contribution >= 0.6 is 22.9 Å². The van der Waals surface area contributed by atoms with Crippen LogP contribution in [0, 0.1) is 0 Å². The van der Waals surface area contributed by atoms with Crippen LogP contribution in [0.2, 0.25) is 5.02 Å². The van der Waals surface area contributed by atoms with E-state index in [1.54, 1.807) is 11.3 Å². The minimum atomic E-state index is -0.0808. The van der Waals surface area contributed by atoms with Crippen molar-refractivity contribution >= 4 is 28.8 Å². The number of likely N-dealkylation sites (tertiary alicyclic amines) is 1. The lowest BCUT2D eigenvalue weighted by atomic mass is 9.99. The molecule has 1 saturated heterocycles. The maximum atomic E-state index is 12.9. The van der Waals surface area contributed by atoms with Crippen molar-refractivity contribution in [3.05, 3.63) is 81.5 Å². The predicted octanol–water partition coefficient (Wildman–Crippen LogP) is 5.74. The molecule has 1 unspecified atom stereocenters. The Morgan fingerprint density at radius 3 is 2.66 bits per heavy atom. The molecule has 0 saturated carbocycles. The molecule has 0 spiro atoms. The number of carbonyl (C=O) groups excluding carboxylic acids is 1. The molecule has 0 bridgehead atoms.